The molecule has 4 rings (SSSR count). The van der Waals surface area contributed by atoms with E-state index in [9.17, 15) is 9.59 Å². The van der Waals surface area contributed by atoms with Gasteiger partial charge in [-0.05, 0) is 24.8 Å². The van der Waals surface area contributed by atoms with Gasteiger partial charge in [-0.15, -0.1) is 23.7 Å². The van der Waals surface area contributed by atoms with Crippen molar-refractivity contribution in [2.45, 2.75) is 38.6 Å². The van der Waals surface area contributed by atoms with E-state index >= 15 is 0 Å². The second-order valence-corrected chi connectivity index (χ2v) is 8.83. The van der Waals surface area contributed by atoms with Crippen LogP contribution in [0.3, 0.4) is 0 Å². The second-order valence-electron chi connectivity index (χ2n) is 7.80. The summed E-state index contributed by atoms with van der Waals surface area (Å²) in [5, 5.41) is 8.80. The molecule has 2 aromatic rings. The quantitative estimate of drug-likeness (QED) is 0.818. The Hall–Kier alpha value is -1.64. The Morgan fingerprint density at radius 1 is 1.36 bits per heavy atom. The average molecular weight is 426 g/mol. The molecule has 2 amide bonds. The number of carbonyl (C=O) groups excluding carboxylic acids is 2. The van der Waals surface area contributed by atoms with Crippen molar-refractivity contribution in [3.05, 3.63) is 16.6 Å². The van der Waals surface area contributed by atoms with Crippen LogP contribution in [-0.4, -0.2) is 70.2 Å². The van der Waals surface area contributed by atoms with Crippen molar-refractivity contribution in [3.8, 4) is 0 Å². The fourth-order valence-corrected chi connectivity index (χ4v) is 5.20. The minimum atomic E-state index is 0. The number of nitrogens with one attached hydrogen (secondary N) is 1. The zero-order valence-electron chi connectivity index (χ0n) is 16.6. The standard InChI is InChI=1S/C19H27N5O2S.ClH/c1-12(2)17-14-9-15(27-19(14)22(3)21-17)18(26)23-7-4-5-13(11-23)24-8-6-20-10-16(24)25;/h9,12-13,20H,4-8,10-11H2,1-3H3;1H. The molecule has 2 saturated heterocycles. The molecule has 0 saturated carbocycles. The molecule has 4 heterocycles. The number of piperidine rings is 1. The molecule has 28 heavy (non-hydrogen) atoms. The summed E-state index contributed by atoms with van der Waals surface area (Å²) in [6.07, 6.45) is 1.92. The number of aryl methyl sites for hydroxylation is 1. The summed E-state index contributed by atoms with van der Waals surface area (Å²) in [5.41, 5.74) is 1.05. The van der Waals surface area contributed by atoms with Crippen LogP contribution in [0.15, 0.2) is 6.07 Å². The van der Waals surface area contributed by atoms with Crippen LogP contribution in [-0.2, 0) is 11.8 Å². The fourth-order valence-electron chi connectivity index (χ4n) is 4.15. The number of nitrogens with zero attached hydrogens (tertiary/aromatic N) is 4. The van der Waals surface area contributed by atoms with Crippen LogP contribution in [0.1, 0.15) is 48.0 Å². The number of thiophene rings is 1. The Morgan fingerprint density at radius 2 is 2.14 bits per heavy atom. The van der Waals surface area contributed by atoms with Crippen LogP contribution in [0.4, 0.5) is 0 Å². The highest BCUT2D eigenvalue weighted by atomic mass is 35.5. The van der Waals surface area contributed by atoms with Gasteiger partial charge in [0.15, 0.2) is 0 Å². The maximum Gasteiger partial charge on any atom is 0.264 e. The number of hydrogen-bond donors (Lipinski definition) is 1. The molecular formula is C19H28ClN5O2S. The van der Waals surface area contributed by atoms with Crippen LogP contribution in [0.25, 0.3) is 10.2 Å². The average Bonchev–Trinajstić information content (AvgIpc) is 3.22. The van der Waals surface area contributed by atoms with Crippen molar-refractivity contribution in [2.75, 3.05) is 32.7 Å². The van der Waals surface area contributed by atoms with Crippen LogP contribution < -0.4 is 5.32 Å². The molecule has 2 aliphatic rings. The van der Waals surface area contributed by atoms with Crippen LogP contribution in [0.5, 0.6) is 0 Å². The molecule has 0 aliphatic carbocycles. The van der Waals surface area contributed by atoms with Gasteiger partial charge in [-0.3, -0.25) is 14.3 Å². The van der Waals surface area contributed by atoms with Crippen molar-refractivity contribution in [2.24, 2.45) is 7.05 Å². The lowest BCUT2D eigenvalue weighted by Gasteiger charge is -2.41. The lowest BCUT2D eigenvalue weighted by Crippen LogP contribution is -2.57. The van der Waals surface area contributed by atoms with Gasteiger partial charge in [0, 0.05) is 44.7 Å². The number of aromatic nitrogens is 2. The molecule has 1 unspecified atom stereocenters. The van der Waals surface area contributed by atoms with E-state index in [1.165, 1.54) is 11.3 Å². The van der Waals surface area contributed by atoms with E-state index in [4.69, 9.17) is 0 Å². The predicted molar refractivity (Wildman–Crippen MR) is 113 cm³/mol. The monoisotopic (exact) mass is 425 g/mol. The number of amides is 2. The van der Waals surface area contributed by atoms with Gasteiger partial charge < -0.3 is 15.1 Å². The normalized spacial score (nSPS) is 20.7. The summed E-state index contributed by atoms with van der Waals surface area (Å²) in [6.45, 7) is 7.62. The van der Waals surface area contributed by atoms with Crippen molar-refractivity contribution >= 4 is 45.8 Å². The molecule has 0 spiro atoms. The van der Waals surface area contributed by atoms with Gasteiger partial charge in [0.2, 0.25) is 5.91 Å². The van der Waals surface area contributed by atoms with Gasteiger partial charge in [0.25, 0.3) is 5.91 Å². The lowest BCUT2D eigenvalue weighted by molar-refractivity contribution is -0.135. The van der Waals surface area contributed by atoms with Crippen molar-refractivity contribution in [1.29, 1.82) is 0 Å². The number of likely N-dealkylation sites (tertiary alicyclic amines) is 1. The lowest BCUT2D eigenvalue weighted by atomic mass is 10.0. The number of rotatable bonds is 3. The topological polar surface area (TPSA) is 70.5 Å². The molecule has 9 heteroatoms. The highest BCUT2D eigenvalue weighted by Gasteiger charge is 2.32. The van der Waals surface area contributed by atoms with E-state index in [1.807, 2.05) is 27.6 Å². The molecule has 1 N–H and O–H groups in total. The summed E-state index contributed by atoms with van der Waals surface area (Å²) in [4.78, 5) is 31.1. The molecular weight excluding hydrogens is 398 g/mol. The molecule has 1 atom stereocenters. The fraction of sp³-hybridized carbons (Fsp3) is 0.632. The minimum Gasteiger partial charge on any atom is -0.336 e. The van der Waals surface area contributed by atoms with Crippen molar-refractivity contribution in [1.82, 2.24) is 24.9 Å². The van der Waals surface area contributed by atoms with E-state index in [0.29, 0.717) is 19.0 Å². The Morgan fingerprint density at radius 3 is 2.86 bits per heavy atom. The van der Waals surface area contributed by atoms with Crippen molar-refractivity contribution < 1.29 is 9.59 Å². The molecule has 7 nitrogen and oxygen atoms in total. The SMILES string of the molecule is CC(C)c1nn(C)c2sc(C(=O)N3CCCC(N4CCNCC4=O)C3)cc12.Cl. The summed E-state index contributed by atoms with van der Waals surface area (Å²) in [5.74, 6) is 0.553. The molecule has 154 valence electrons. The molecule has 2 aromatic heterocycles. The van der Waals surface area contributed by atoms with E-state index in [-0.39, 0.29) is 30.3 Å². The van der Waals surface area contributed by atoms with Crippen LogP contribution >= 0.6 is 23.7 Å². The Bertz CT molecular complexity index is 877. The molecule has 0 bridgehead atoms. The Labute approximate surface area is 175 Å². The first-order valence-electron chi connectivity index (χ1n) is 9.71. The molecule has 0 radical (unpaired) electrons. The Balaban J connectivity index is 0.00000225. The number of halogens is 1. The summed E-state index contributed by atoms with van der Waals surface area (Å²) in [7, 11) is 1.94. The zero-order valence-corrected chi connectivity index (χ0v) is 18.2. The predicted octanol–water partition coefficient (Wildman–Crippen LogP) is 2.22. The summed E-state index contributed by atoms with van der Waals surface area (Å²) in [6, 6.07) is 2.14. The van der Waals surface area contributed by atoms with E-state index in [1.54, 1.807) is 0 Å². The third kappa shape index (κ3) is 3.77. The van der Waals surface area contributed by atoms with E-state index in [0.717, 1.165) is 53.3 Å². The maximum absolute atomic E-state index is 13.2. The van der Waals surface area contributed by atoms with E-state index in [2.05, 4.69) is 24.3 Å². The van der Waals surface area contributed by atoms with Gasteiger partial charge >= 0.3 is 0 Å². The molecule has 2 aliphatic heterocycles. The van der Waals surface area contributed by atoms with Crippen LogP contribution in [0.2, 0.25) is 0 Å². The largest absolute Gasteiger partial charge is 0.336 e. The first kappa shape index (κ1) is 21.1. The van der Waals surface area contributed by atoms with Gasteiger partial charge in [-0.2, -0.15) is 5.10 Å². The molecule has 2 fully saturated rings. The first-order valence-corrected chi connectivity index (χ1v) is 10.5. The minimum absolute atomic E-state index is 0. The summed E-state index contributed by atoms with van der Waals surface area (Å²) < 4.78 is 1.88. The van der Waals surface area contributed by atoms with Gasteiger partial charge in [0.1, 0.15) is 4.83 Å². The summed E-state index contributed by atoms with van der Waals surface area (Å²) >= 11 is 1.52. The number of hydrogen-bond acceptors (Lipinski definition) is 5. The van der Waals surface area contributed by atoms with Crippen molar-refractivity contribution in [3.63, 3.8) is 0 Å². The Kier molecular flexibility index (Phi) is 6.31. The van der Waals surface area contributed by atoms with E-state index < -0.39 is 0 Å². The molecule has 0 aromatic carbocycles. The van der Waals surface area contributed by atoms with Gasteiger partial charge in [0.05, 0.1) is 17.1 Å². The van der Waals surface area contributed by atoms with Gasteiger partial charge in [-0.25, -0.2) is 0 Å². The smallest absolute Gasteiger partial charge is 0.264 e. The van der Waals surface area contributed by atoms with Gasteiger partial charge in [-0.1, -0.05) is 13.8 Å². The number of piperazine rings is 1. The maximum atomic E-state index is 13.2. The highest BCUT2D eigenvalue weighted by molar-refractivity contribution is 7.20. The second kappa shape index (κ2) is 8.39. The van der Waals surface area contributed by atoms with Crippen LogP contribution in [0, 0.1) is 0 Å². The number of fused-ring (bicyclic) bond motifs is 1. The highest BCUT2D eigenvalue weighted by Crippen LogP contribution is 2.32. The third-order valence-electron chi connectivity index (χ3n) is 5.55. The first-order chi connectivity index (χ1) is 13.0. The zero-order chi connectivity index (χ0) is 19.1. The third-order valence-corrected chi connectivity index (χ3v) is 6.74. The number of carbonyl (C=O) groups is 2.